The van der Waals surface area contributed by atoms with Crippen molar-refractivity contribution in [3.05, 3.63) is 0 Å². The van der Waals surface area contributed by atoms with Gasteiger partial charge in [-0.2, -0.15) is 23.5 Å². The fraction of sp³-hybridized carbons (Fsp3) is 0.800. The molecule has 10 nitrogen and oxygen atoms in total. The van der Waals surface area contributed by atoms with Gasteiger partial charge < -0.3 is 20.1 Å². The molecule has 13 heteroatoms. The molecule has 0 bridgehead atoms. The minimum atomic E-state index is -5.01. The van der Waals surface area contributed by atoms with E-state index in [2.05, 4.69) is 10.6 Å². The first-order chi connectivity index (χ1) is 14.9. The zero-order chi connectivity index (χ0) is 26.0. The number of amides is 2. The molecule has 0 aliphatic carbocycles. The lowest BCUT2D eigenvalue weighted by Gasteiger charge is -2.24. The van der Waals surface area contributed by atoms with Gasteiger partial charge in [0.05, 0.1) is 0 Å². The van der Waals surface area contributed by atoms with Gasteiger partial charge in [0.2, 0.25) is 0 Å². The van der Waals surface area contributed by atoms with Gasteiger partial charge in [-0.3, -0.25) is 9.59 Å². The van der Waals surface area contributed by atoms with Gasteiger partial charge in [0.25, 0.3) is 20.1 Å². The van der Waals surface area contributed by atoms with Gasteiger partial charge in [-0.1, -0.05) is 0 Å². The first kappa shape index (κ1) is 31.5. The number of thioether (sulfide) groups is 2. The van der Waals surface area contributed by atoms with Crippen molar-refractivity contribution in [1.29, 1.82) is 0 Å². The molecule has 0 saturated heterocycles. The molecule has 2 amide bonds. The van der Waals surface area contributed by atoms with Crippen LogP contribution in [0.2, 0.25) is 0 Å². The first-order valence-electron chi connectivity index (χ1n) is 10.2. The average molecular weight is 529 g/mol. The highest BCUT2D eigenvalue weighted by Crippen LogP contribution is 2.14. The molecule has 0 heterocycles. The topological polar surface area (TPSA) is 145 Å². The molecule has 0 saturated carbocycles. The summed E-state index contributed by atoms with van der Waals surface area (Å²) in [5.74, 6) is 0.698. The van der Waals surface area contributed by atoms with Gasteiger partial charge in [-0.15, -0.1) is 0 Å². The van der Waals surface area contributed by atoms with Crippen molar-refractivity contribution in [2.24, 2.45) is 0 Å². The molecule has 0 aromatic carbocycles. The summed E-state index contributed by atoms with van der Waals surface area (Å²) in [6.45, 7) is 9.69. The lowest BCUT2D eigenvalue weighted by atomic mass is 10.2. The van der Waals surface area contributed by atoms with E-state index in [1.807, 2.05) is 0 Å². The molecular formula is C20H36N2O8S3. The van der Waals surface area contributed by atoms with Crippen LogP contribution in [-0.4, -0.2) is 78.1 Å². The zero-order valence-corrected chi connectivity index (χ0v) is 22.9. The second-order valence-corrected chi connectivity index (χ2v) is 12.9. The van der Waals surface area contributed by atoms with Crippen LogP contribution in [-0.2, 0) is 28.9 Å². The maximum absolute atomic E-state index is 12.9. The van der Waals surface area contributed by atoms with Crippen LogP contribution in [0.5, 0.6) is 0 Å². The van der Waals surface area contributed by atoms with Gasteiger partial charge in [-0.05, 0) is 78.4 Å². The minimum absolute atomic E-state index is 0.0271. The Hall–Kier alpha value is -1.47. The van der Waals surface area contributed by atoms with Crippen LogP contribution in [0, 0.1) is 0 Å². The predicted molar refractivity (Wildman–Crippen MR) is 131 cm³/mol. The SMILES string of the molecule is CSCCC(NC(=O)OC(C)(C)C)C(=O)S(=O)(=O)C(=O)C(CCSC)NC(=O)OC(C)(C)C. The van der Waals surface area contributed by atoms with Crippen LogP contribution < -0.4 is 10.6 Å². The largest absolute Gasteiger partial charge is 0.444 e. The Morgan fingerprint density at radius 3 is 1.27 bits per heavy atom. The fourth-order valence-electron chi connectivity index (χ4n) is 2.34. The summed E-state index contributed by atoms with van der Waals surface area (Å²) in [5.41, 5.74) is -1.74. The number of rotatable bonds is 10. The van der Waals surface area contributed by atoms with Gasteiger partial charge in [0.15, 0.2) is 0 Å². The van der Waals surface area contributed by atoms with Gasteiger partial charge >= 0.3 is 12.2 Å². The standard InChI is InChI=1S/C20H36N2O8S3/c1-19(2,3)29-17(25)21-13(9-11-31-7)15(23)33(27,28)16(24)14(10-12-32-8)22-18(26)30-20(4,5)6/h13-14H,9-12H2,1-8H3,(H,21,25)(H,22,26). The molecule has 2 N–H and O–H groups in total. The van der Waals surface area contributed by atoms with Gasteiger partial charge in [0, 0.05) is 0 Å². The van der Waals surface area contributed by atoms with E-state index in [-0.39, 0.29) is 12.8 Å². The Bertz CT molecular complexity index is 741. The Morgan fingerprint density at radius 2 is 1.03 bits per heavy atom. The van der Waals surface area contributed by atoms with E-state index in [1.54, 1.807) is 54.1 Å². The second kappa shape index (κ2) is 13.4. The maximum Gasteiger partial charge on any atom is 0.408 e. The minimum Gasteiger partial charge on any atom is -0.444 e. The molecule has 33 heavy (non-hydrogen) atoms. The number of sulfone groups is 1. The molecule has 0 aliphatic rings. The second-order valence-electron chi connectivity index (χ2n) is 9.10. The Balaban J connectivity index is 5.75. The number of carbonyl (C=O) groups is 4. The third-order valence-corrected chi connectivity index (χ3v) is 6.62. The Kier molecular flexibility index (Phi) is 12.8. The van der Waals surface area contributed by atoms with Crippen LogP contribution in [0.25, 0.3) is 0 Å². The molecule has 2 unspecified atom stereocenters. The molecule has 0 spiro atoms. The highest BCUT2D eigenvalue weighted by atomic mass is 32.2. The monoisotopic (exact) mass is 528 g/mol. The van der Waals surface area contributed by atoms with E-state index in [1.165, 1.54) is 23.5 Å². The van der Waals surface area contributed by atoms with Crippen LogP contribution in [0.15, 0.2) is 0 Å². The van der Waals surface area contributed by atoms with E-state index >= 15 is 0 Å². The van der Waals surface area contributed by atoms with Crippen molar-refractivity contribution in [1.82, 2.24) is 10.6 Å². The van der Waals surface area contributed by atoms with Crippen LogP contribution in [0.3, 0.4) is 0 Å². The van der Waals surface area contributed by atoms with Gasteiger partial charge in [-0.25, -0.2) is 18.0 Å². The zero-order valence-electron chi connectivity index (χ0n) is 20.5. The summed E-state index contributed by atoms with van der Waals surface area (Å²) < 4.78 is 36.0. The maximum atomic E-state index is 12.9. The number of alkyl carbamates (subject to hydrolysis) is 2. The quantitative estimate of drug-likeness (QED) is 0.434. The van der Waals surface area contributed by atoms with Crippen molar-refractivity contribution < 1.29 is 37.1 Å². The Labute approximate surface area is 205 Å². The van der Waals surface area contributed by atoms with Crippen LogP contribution in [0.1, 0.15) is 54.4 Å². The molecule has 192 valence electrons. The summed E-state index contributed by atoms with van der Waals surface area (Å²) in [5, 5.41) is 1.60. The summed E-state index contributed by atoms with van der Waals surface area (Å²) >= 11 is 2.67. The summed E-state index contributed by atoms with van der Waals surface area (Å²) in [7, 11) is -5.01. The van der Waals surface area contributed by atoms with Crippen molar-refractivity contribution in [2.45, 2.75) is 77.7 Å². The van der Waals surface area contributed by atoms with E-state index in [4.69, 9.17) is 9.47 Å². The summed E-state index contributed by atoms with van der Waals surface area (Å²) in [4.78, 5) is 50.0. The lowest BCUT2D eigenvalue weighted by Crippen LogP contribution is -2.51. The summed E-state index contributed by atoms with van der Waals surface area (Å²) in [6, 6.07) is -2.96. The molecule has 0 aliphatic heterocycles. The summed E-state index contributed by atoms with van der Waals surface area (Å²) in [6.07, 6.45) is 1.49. The first-order valence-corrected chi connectivity index (χ1v) is 14.5. The van der Waals surface area contributed by atoms with E-state index < -0.39 is 55.5 Å². The van der Waals surface area contributed by atoms with E-state index in [9.17, 15) is 27.6 Å². The number of nitrogens with one attached hydrogen (secondary N) is 2. The third kappa shape index (κ3) is 12.5. The van der Waals surface area contributed by atoms with E-state index in [0.29, 0.717) is 11.5 Å². The molecule has 0 radical (unpaired) electrons. The van der Waals surface area contributed by atoms with Crippen molar-refractivity contribution in [2.75, 3.05) is 24.0 Å². The third-order valence-electron chi connectivity index (χ3n) is 3.70. The van der Waals surface area contributed by atoms with Crippen LogP contribution >= 0.6 is 23.5 Å². The average Bonchev–Trinajstić information content (AvgIpc) is 2.64. The Morgan fingerprint density at radius 1 is 0.727 bits per heavy atom. The fourth-order valence-corrected chi connectivity index (χ4v) is 4.59. The van der Waals surface area contributed by atoms with Crippen molar-refractivity contribution in [3.63, 3.8) is 0 Å². The van der Waals surface area contributed by atoms with Gasteiger partial charge in [0.1, 0.15) is 23.3 Å². The smallest absolute Gasteiger partial charge is 0.408 e. The molecule has 0 aromatic heterocycles. The molecule has 0 rings (SSSR count). The number of ether oxygens (including phenoxy) is 2. The van der Waals surface area contributed by atoms with Crippen molar-refractivity contribution >= 4 is 55.8 Å². The van der Waals surface area contributed by atoms with E-state index in [0.717, 1.165) is 0 Å². The molecule has 2 atom stereocenters. The number of hydrogen-bond donors (Lipinski definition) is 2. The lowest BCUT2D eigenvalue weighted by molar-refractivity contribution is -0.116. The predicted octanol–water partition coefficient (Wildman–Crippen LogP) is 2.75. The highest BCUT2D eigenvalue weighted by Gasteiger charge is 2.42. The normalized spacial score (nSPS) is 14.1. The number of hydrogen-bond acceptors (Lipinski definition) is 10. The molecule has 0 aromatic rings. The highest BCUT2D eigenvalue weighted by molar-refractivity contribution is 8.19. The van der Waals surface area contributed by atoms with Crippen LogP contribution in [0.4, 0.5) is 9.59 Å². The van der Waals surface area contributed by atoms with Crippen molar-refractivity contribution in [3.8, 4) is 0 Å². The molecule has 0 fully saturated rings. The molecular weight excluding hydrogens is 492 g/mol. The number of carbonyl (C=O) groups excluding carboxylic acids is 4.